The minimum atomic E-state index is -4.59. The minimum Gasteiger partial charge on any atom is -0.319 e. The van der Waals surface area contributed by atoms with Gasteiger partial charge in [-0.3, -0.25) is 19.6 Å². The van der Waals surface area contributed by atoms with Crippen LogP contribution in [-0.2, 0) is 30.4 Å². The number of nitro groups is 1. The molecule has 1 aliphatic carbocycles. The molecule has 0 unspecified atom stereocenters. The molecule has 0 saturated heterocycles. The van der Waals surface area contributed by atoms with Crippen molar-refractivity contribution in [1.82, 2.24) is 9.78 Å². The Labute approximate surface area is 158 Å². The van der Waals surface area contributed by atoms with Crippen LogP contribution in [0.2, 0.25) is 0 Å². The zero-order valence-corrected chi connectivity index (χ0v) is 15.2. The number of hydrogen-bond acceptors (Lipinski definition) is 4. The van der Waals surface area contributed by atoms with Crippen molar-refractivity contribution < 1.29 is 22.9 Å². The molecule has 1 aromatic heterocycles. The normalized spacial score (nSPS) is 14.3. The molecular weight excluding hydrogens is 377 g/mol. The second-order valence-electron chi connectivity index (χ2n) is 6.82. The molecule has 0 saturated carbocycles. The Bertz CT molecular complexity index is 922. The summed E-state index contributed by atoms with van der Waals surface area (Å²) < 4.78 is 41.1. The molecule has 0 fully saturated rings. The summed E-state index contributed by atoms with van der Waals surface area (Å²) in [6, 6.07) is 4.32. The fourth-order valence-electron chi connectivity index (χ4n) is 3.43. The molecule has 2 aromatic rings. The zero-order valence-electron chi connectivity index (χ0n) is 15.2. The van der Waals surface area contributed by atoms with Crippen LogP contribution in [-0.4, -0.2) is 20.6 Å². The average Bonchev–Trinajstić information content (AvgIpc) is 2.78. The number of rotatable bonds is 4. The SMILES string of the molecule is Cc1ccc(NC(=O)Cn2nc(C(F)(F)F)c3c2CCCCC3)c([N+](=O)[O-])c1. The number of carbonyl (C=O) groups is 1. The van der Waals surface area contributed by atoms with Crippen LogP contribution < -0.4 is 5.32 Å². The minimum absolute atomic E-state index is 0.00473. The first kappa shape index (κ1) is 19.8. The summed E-state index contributed by atoms with van der Waals surface area (Å²) in [5, 5.41) is 17.2. The quantitative estimate of drug-likeness (QED) is 0.480. The number of halogens is 3. The maximum absolute atomic E-state index is 13.3. The summed E-state index contributed by atoms with van der Waals surface area (Å²) in [5.41, 5.74) is -0.00792. The topological polar surface area (TPSA) is 90.1 Å². The molecule has 0 bridgehead atoms. The van der Waals surface area contributed by atoms with Crippen LogP contribution in [0.5, 0.6) is 0 Å². The van der Waals surface area contributed by atoms with Crippen molar-refractivity contribution in [2.45, 2.75) is 51.7 Å². The Morgan fingerprint density at radius 1 is 1.29 bits per heavy atom. The van der Waals surface area contributed by atoms with Crippen LogP contribution in [0.1, 0.15) is 41.8 Å². The Kier molecular flexibility index (Phi) is 5.39. The highest BCUT2D eigenvalue weighted by Gasteiger charge is 2.39. The van der Waals surface area contributed by atoms with E-state index in [-0.39, 0.29) is 23.4 Å². The lowest BCUT2D eigenvalue weighted by Crippen LogP contribution is -2.22. The van der Waals surface area contributed by atoms with Gasteiger partial charge in [-0.25, -0.2) is 0 Å². The molecule has 0 spiro atoms. The van der Waals surface area contributed by atoms with Gasteiger partial charge in [0.05, 0.1) is 4.92 Å². The van der Waals surface area contributed by atoms with E-state index in [4.69, 9.17) is 0 Å². The van der Waals surface area contributed by atoms with Gasteiger partial charge in [0.1, 0.15) is 12.2 Å². The van der Waals surface area contributed by atoms with E-state index < -0.39 is 29.2 Å². The summed E-state index contributed by atoms with van der Waals surface area (Å²) in [6.45, 7) is 1.24. The lowest BCUT2D eigenvalue weighted by molar-refractivity contribution is -0.384. The number of aromatic nitrogens is 2. The van der Waals surface area contributed by atoms with Crippen LogP contribution in [0, 0.1) is 17.0 Å². The van der Waals surface area contributed by atoms with Crippen molar-refractivity contribution in [2.24, 2.45) is 0 Å². The fraction of sp³-hybridized carbons (Fsp3) is 0.444. The molecule has 0 atom stereocenters. The van der Waals surface area contributed by atoms with Crippen LogP contribution >= 0.6 is 0 Å². The number of carbonyl (C=O) groups excluding carboxylic acids is 1. The van der Waals surface area contributed by atoms with Crippen molar-refractivity contribution in [3.8, 4) is 0 Å². The third kappa shape index (κ3) is 4.15. The average molecular weight is 396 g/mol. The monoisotopic (exact) mass is 396 g/mol. The third-order valence-electron chi connectivity index (χ3n) is 4.69. The van der Waals surface area contributed by atoms with Gasteiger partial charge in [-0.1, -0.05) is 12.5 Å². The zero-order chi connectivity index (χ0) is 20.5. The second kappa shape index (κ2) is 7.61. The maximum atomic E-state index is 13.3. The Hall–Kier alpha value is -2.91. The molecule has 1 amide bonds. The molecule has 7 nitrogen and oxygen atoms in total. The van der Waals surface area contributed by atoms with E-state index in [2.05, 4.69) is 10.4 Å². The van der Waals surface area contributed by atoms with E-state index >= 15 is 0 Å². The van der Waals surface area contributed by atoms with Gasteiger partial charge in [0, 0.05) is 17.3 Å². The highest BCUT2D eigenvalue weighted by molar-refractivity contribution is 5.93. The van der Waals surface area contributed by atoms with Crippen LogP contribution in [0.4, 0.5) is 24.5 Å². The van der Waals surface area contributed by atoms with Crippen molar-refractivity contribution in [2.75, 3.05) is 5.32 Å². The number of fused-ring (bicyclic) bond motifs is 1. The summed E-state index contributed by atoms with van der Waals surface area (Å²) in [5.74, 6) is -0.671. The van der Waals surface area contributed by atoms with Gasteiger partial charge in [-0.15, -0.1) is 0 Å². The number of benzene rings is 1. The number of nitrogens with one attached hydrogen (secondary N) is 1. The Morgan fingerprint density at radius 2 is 2.00 bits per heavy atom. The van der Waals surface area contributed by atoms with Crippen LogP contribution in [0.3, 0.4) is 0 Å². The molecule has 1 aliphatic rings. The van der Waals surface area contributed by atoms with Gasteiger partial charge < -0.3 is 5.32 Å². The molecule has 1 aromatic carbocycles. The van der Waals surface area contributed by atoms with Crippen molar-refractivity contribution in [1.29, 1.82) is 0 Å². The molecule has 3 rings (SSSR count). The van der Waals surface area contributed by atoms with Gasteiger partial charge in [0.2, 0.25) is 5.91 Å². The molecule has 150 valence electrons. The Morgan fingerprint density at radius 3 is 2.68 bits per heavy atom. The number of nitrogens with zero attached hydrogens (tertiary/aromatic N) is 3. The number of amides is 1. The molecule has 1 N–H and O–H groups in total. The number of alkyl halides is 3. The standard InChI is InChI=1S/C18H19F3N4O3/c1-11-7-8-13(15(9-11)25(27)28)22-16(26)10-24-14-6-4-2-3-5-12(14)17(23-24)18(19,20)21/h7-9H,2-6,10H2,1H3,(H,22,26). The summed E-state index contributed by atoms with van der Waals surface area (Å²) >= 11 is 0. The van der Waals surface area contributed by atoms with Gasteiger partial charge in [-0.2, -0.15) is 18.3 Å². The van der Waals surface area contributed by atoms with E-state index in [9.17, 15) is 28.1 Å². The highest BCUT2D eigenvalue weighted by Crippen LogP contribution is 2.35. The largest absolute Gasteiger partial charge is 0.435 e. The van der Waals surface area contributed by atoms with Crippen molar-refractivity contribution in [3.63, 3.8) is 0 Å². The second-order valence-corrected chi connectivity index (χ2v) is 6.82. The first-order valence-electron chi connectivity index (χ1n) is 8.87. The van der Waals surface area contributed by atoms with E-state index in [0.717, 1.165) is 17.5 Å². The van der Waals surface area contributed by atoms with E-state index in [0.29, 0.717) is 24.1 Å². The maximum Gasteiger partial charge on any atom is 0.435 e. The first-order chi connectivity index (χ1) is 13.2. The van der Waals surface area contributed by atoms with Gasteiger partial charge in [0.15, 0.2) is 5.69 Å². The Balaban J connectivity index is 1.87. The van der Waals surface area contributed by atoms with Gasteiger partial charge in [0.25, 0.3) is 5.69 Å². The predicted octanol–water partition coefficient (Wildman–Crippen LogP) is 4.03. The third-order valence-corrected chi connectivity index (χ3v) is 4.69. The summed E-state index contributed by atoms with van der Waals surface area (Å²) in [4.78, 5) is 22.9. The fourth-order valence-corrected chi connectivity index (χ4v) is 3.43. The number of anilines is 1. The molecule has 28 heavy (non-hydrogen) atoms. The smallest absolute Gasteiger partial charge is 0.319 e. The molecule has 1 heterocycles. The summed E-state index contributed by atoms with van der Waals surface area (Å²) in [6.07, 6.45) is -1.73. The lowest BCUT2D eigenvalue weighted by Gasteiger charge is -2.09. The molecule has 0 aliphatic heterocycles. The molecular formula is C18H19F3N4O3. The van der Waals surface area contributed by atoms with E-state index in [1.54, 1.807) is 13.0 Å². The molecule has 0 radical (unpaired) electrons. The van der Waals surface area contributed by atoms with Crippen LogP contribution in [0.25, 0.3) is 0 Å². The lowest BCUT2D eigenvalue weighted by atomic mass is 10.1. The first-order valence-corrected chi connectivity index (χ1v) is 8.87. The number of hydrogen-bond donors (Lipinski definition) is 1. The molecule has 10 heteroatoms. The highest BCUT2D eigenvalue weighted by atomic mass is 19.4. The van der Waals surface area contributed by atoms with Crippen molar-refractivity contribution in [3.05, 3.63) is 50.8 Å². The van der Waals surface area contributed by atoms with Gasteiger partial charge in [-0.05, 0) is 44.2 Å². The van der Waals surface area contributed by atoms with Gasteiger partial charge >= 0.3 is 6.18 Å². The summed E-state index contributed by atoms with van der Waals surface area (Å²) in [7, 11) is 0. The van der Waals surface area contributed by atoms with E-state index in [1.165, 1.54) is 12.1 Å². The number of nitro benzene ring substituents is 1. The van der Waals surface area contributed by atoms with Crippen molar-refractivity contribution >= 4 is 17.3 Å². The number of aryl methyl sites for hydroxylation is 1. The van der Waals surface area contributed by atoms with Crippen LogP contribution in [0.15, 0.2) is 18.2 Å². The predicted molar refractivity (Wildman–Crippen MR) is 95.0 cm³/mol. The van der Waals surface area contributed by atoms with E-state index in [1.807, 2.05) is 0 Å².